The van der Waals surface area contributed by atoms with Crippen molar-refractivity contribution in [3.05, 3.63) is 206 Å². The summed E-state index contributed by atoms with van der Waals surface area (Å²) in [5, 5.41) is 9.91. The summed E-state index contributed by atoms with van der Waals surface area (Å²) in [6.45, 7) is 0. The van der Waals surface area contributed by atoms with Crippen molar-refractivity contribution in [2.45, 2.75) is 0 Å². The number of aromatic nitrogens is 4. The van der Waals surface area contributed by atoms with Gasteiger partial charge in [-0.3, -0.25) is 0 Å². The monoisotopic (exact) mass is 738 g/mol. The lowest BCUT2D eigenvalue weighted by Crippen LogP contribution is -2.03. The molecule has 4 heterocycles. The fraction of sp³-hybridized carbons (Fsp3) is 0. The Bertz CT molecular complexity index is 3560. The van der Waals surface area contributed by atoms with E-state index in [-0.39, 0.29) is 0 Å². The molecule has 0 saturated carbocycles. The molecule has 4 nitrogen and oxygen atoms in total. The molecule has 0 unspecified atom stereocenters. The number of hydrogen-bond donors (Lipinski definition) is 0. The molecule has 4 heteroatoms. The molecule has 0 bridgehead atoms. The molecule has 0 fully saturated rings. The first kappa shape index (κ1) is 31.4. The summed E-state index contributed by atoms with van der Waals surface area (Å²) in [6.07, 6.45) is 0. The first-order chi connectivity index (χ1) is 28.8. The molecular formula is C54H34N4. The van der Waals surface area contributed by atoms with Gasteiger partial charge in [-0.15, -0.1) is 0 Å². The minimum absolute atomic E-state index is 1.11. The van der Waals surface area contributed by atoms with Crippen LogP contribution >= 0.6 is 0 Å². The lowest BCUT2D eigenvalue weighted by atomic mass is 10.1. The van der Waals surface area contributed by atoms with Crippen LogP contribution in [0.3, 0.4) is 0 Å². The van der Waals surface area contributed by atoms with E-state index in [4.69, 9.17) is 0 Å². The van der Waals surface area contributed by atoms with Gasteiger partial charge in [0.1, 0.15) is 0 Å². The predicted octanol–water partition coefficient (Wildman–Crippen LogP) is 14.1. The second-order valence-electron chi connectivity index (χ2n) is 15.4. The predicted molar refractivity (Wildman–Crippen MR) is 244 cm³/mol. The van der Waals surface area contributed by atoms with Crippen LogP contribution in [0.2, 0.25) is 0 Å². The Morgan fingerprint density at radius 2 is 0.414 bits per heavy atom. The van der Waals surface area contributed by atoms with Crippen molar-refractivity contribution in [2.24, 2.45) is 0 Å². The Balaban J connectivity index is 1.18. The lowest BCUT2D eigenvalue weighted by molar-refractivity contribution is 1.10. The van der Waals surface area contributed by atoms with Crippen molar-refractivity contribution >= 4 is 87.2 Å². The normalized spacial score (nSPS) is 12.1. The molecule has 13 rings (SSSR count). The highest BCUT2D eigenvalue weighted by atomic mass is 15.0. The van der Waals surface area contributed by atoms with E-state index in [1.54, 1.807) is 0 Å². The summed E-state index contributed by atoms with van der Waals surface area (Å²) < 4.78 is 9.81. The summed E-state index contributed by atoms with van der Waals surface area (Å²) in [7, 11) is 0. The zero-order valence-corrected chi connectivity index (χ0v) is 31.4. The highest BCUT2D eigenvalue weighted by Gasteiger charge is 2.21. The molecule has 0 saturated heterocycles. The maximum absolute atomic E-state index is 2.49. The summed E-state index contributed by atoms with van der Waals surface area (Å²) in [5.41, 5.74) is 14.0. The van der Waals surface area contributed by atoms with Gasteiger partial charge in [-0.2, -0.15) is 0 Å². The zero-order valence-electron chi connectivity index (χ0n) is 31.4. The topological polar surface area (TPSA) is 19.7 Å². The highest BCUT2D eigenvalue weighted by molar-refractivity contribution is 6.19. The van der Waals surface area contributed by atoms with Crippen LogP contribution in [0, 0.1) is 0 Å². The Hall–Kier alpha value is -7.82. The van der Waals surface area contributed by atoms with Gasteiger partial charge in [0.15, 0.2) is 0 Å². The average molecular weight is 739 g/mol. The Morgan fingerprint density at radius 1 is 0.172 bits per heavy atom. The summed E-state index contributed by atoms with van der Waals surface area (Å²) >= 11 is 0. The van der Waals surface area contributed by atoms with E-state index in [1.165, 1.54) is 87.2 Å². The molecular weight excluding hydrogens is 705 g/mol. The van der Waals surface area contributed by atoms with Crippen molar-refractivity contribution in [2.75, 3.05) is 0 Å². The third kappa shape index (κ3) is 4.29. The van der Waals surface area contributed by atoms with E-state index in [2.05, 4.69) is 225 Å². The lowest BCUT2D eigenvalue weighted by Gasteiger charge is -2.17. The van der Waals surface area contributed by atoms with E-state index < -0.39 is 0 Å². The van der Waals surface area contributed by atoms with E-state index >= 15 is 0 Å². The van der Waals surface area contributed by atoms with Crippen LogP contribution in [-0.2, 0) is 0 Å². The van der Waals surface area contributed by atoms with E-state index in [9.17, 15) is 0 Å². The molecule has 58 heavy (non-hydrogen) atoms. The van der Waals surface area contributed by atoms with Gasteiger partial charge in [-0.25, -0.2) is 0 Å². The first-order valence-electron chi connectivity index (χ1n) is 19.9. The van der Waals surface area contributed by atoms with E-state index in [0.29, 0.717) is 0 Å². The number of para-hydroxylation sites is 7. The van der Waals surface area contributed by atoms with Gasteiger partial charge in [0.05, 0.1) is 61.2 Å². The molecule has 9 aromatic carbocycles. The number of benzene rings is 9. The molecule has 0 amide bonds. The Labute approximate surface area is 333 Å². The molecule has 0 aliphatic rings. The van der Waals surface area contributed by atoms with Crippen molar-refractivity contribution in [1.82, 2.24) is 18.3 Å². The largest absolute Gasteiger partial charge is 0.309 e. The van der Waals surface area contributed by atoms with E-state index in [1.807, 2.05) is 0 Å². The van der Waals surface area contributed by atoms with Gasteiger partial charge >= 0.3 is 0 Å². The molecule has 4 aromatic heterocycles. The van der Waals surface area contributed by atoms with Gasteiger partial charge in [-0.1, -0.05) is 127 Å². The maximum atomic E-state index is 2.49. The molecule has 13 aromatic rings. The van der Waals surface area contributed by atoms with Crippen molar-refractivity contribution in [1.29, 1.82) is 0 Å². The van der Waals surface area contributed by atoms with Gasteiger partial charge in [0.25, 0.3) is 0 Å². The van der Waals surface area contributed by atoms with Crippen LogP contribution < -0.4 is 0 Å². The molecule has 0 radical (unpaired) electrons. The molecule has 0 N–H and O–H groups in total. The van der Waals surface area contributed by atoms with E-state index in [0.717, 1.165) is 22.7 Å². The quantitative estimate of drug-likeness (QED) is 0.171. The van der Waals surface area contributed by atoms with Crippen LogP contribution in [0.4, 0.5) is 0 Å². The summed E-state index contributed by atoms with van der Waals surface area (Å²) in [4.78, 5) is 0. The molecule has 0 aliphatic carbocycles. The van der Waals surface area contributed by atoms with Gasteiger partial charge in [-0.05, 0) is 78.9 Å². The number of nitrogens with zero attached hydrogens (tertiary/aromatic N) is 4. The average Bonchev–Trinajstić information content (AvgIpc) is 4.01. The minimum atomic E-state index is 1.11. The van der Waals surface area contributed by atoms with Crippen LogP contribution in [-0.4, -0.2) is 18.3 Å². The van der Waals surface area contributed by atoms with Crippen LogP contribution in [0.1, 0.15) is 0 Å². The second-order valence-corrected chi connectivity index (χ2v) is 15.4. The third-order valence-corrected chi connectivity index (χ3v) is 12.3. The van der Waals surface area contributed by atoms with Crippen LogP contribution in [0.15, 0.2) is 206 Å². The Morgan fingerprint density at radius 3 is 0.741 bits per heavy atom. The molecule has 270 valence electrons. The number of fused-ring (bicyclic) bond motifs is 12. The fourth-order valence-corrected chi connectivity index (χ4v) is 9.93. The van der Waals surface area contributed by atoms with Crippen LogP contribution in [0.5, 0.6) is 0 Å². The third-order valence-electron chi connectivity index (χ3n) is 12.3. The number of hydrogen-bond acceptors (Lipinski definition) is 0. The van der Waals surface area contributed by atoms with Crippen molar-refractivity contribution in [3.8, 4) is 22.7 Å². The minimum Gasteiger partial charge on any atom is -0.309 e. The SMILES string of the molecule is c1ccc(-n2c3ccccc3c3cc4c(cc32)c2ccccc2n4-c2cc(-n3c4ccccc4c4ccccc43)cc(-n3c4ccccc4c4ccccc43)c2)cc1. The maximum Gasteiger partial charge on any atom is 0.0548 e. The fourth-order valence-electron chi connectivity index (χ4n) is 9.93. The van der Waals surface area contributed by atoms with Gasteiger partial charge in [0, 0.05) is 48.8 Å². The Kier molecular flexibility index (Phi) is 6.41. The summed E-state index contributed by atoms with van der Waals surface area (Å²) in [6, 6.07) is 75.6. The smallest absolute Gasteiger partial charge is 0.0548 e. The molecule has 0 spiro atoms. The van der Waals surface area contributed by atoms with Gasteiger partial charge in [0.2, 0.25) is 0 Å². The zero-order chi connectivity index (χ0) is 37.9. The summed E-state index contributed by atoms with van der Waals surface area (Å²) in [5.74, 6) is 0. The molecule has 0 aliphatic heterocycles. The standard InChI is InChI=1S/C54H34N4/c1-2-16-35(17-3-1)55-51-28-14-8-22-43(51)45-34-54-46(33-53(45)55)44-23-9-15-29-52(44)58(54)38-31-36(56-47-24-10-4-18-39(47)40-19-5-11-25-48(40)56)30-37(32-38)57-49-26-12-6-20-41(49)42-21-7-13-27-50(42)57/h1-34H. The van der Waals surface area contributed by atoms with Gasteiger partial charge < -0.3 is 18.3 Å². The van der Waals surface area contributed by atoms with Crippen LogP contribution in [0.25, 0.3) is 110 Å². The van der Waals surface area contributed by atoms with Crippen molar-refractivity contribution < 1.29 is 0 Å². The number of rotatable bonds is 4. The second kappa shape index (κ2) is 11.8. The first-order valence-corrected chi connectivity index (χ1v) is 19.9. The molecule has 0 atom stereocenters. The highest BCUT2D eigenvalue weighted by Crippen LogP contribution is 2.42. The van der Waals surface area contributed by atoms with Crippen molar-refractivity contribution in [3.63, 3.8) is 0 Å².